The molecule has 0 aromatic rings. The molecule has 0 aliphatic heterocycles. The first-order chi connectivity index (χ1) is 7.72. The summed E-state index contributed by atoms with van der Waals surface area (Å²) < 4.78 is 0. The Labute approximate surface area is 108 Å². The summed E-state index contributed by atoms with van der Waals surface area (Å²) in [4.78, 5) is 9.53. The molecule has 0 fully saturated rings. The second kappa shape index (κ2) is 23.8. The third-order valence-corrected chi connectivity index (χ3v) is 1.90. The SMILES string of the molecule is C#N.N#CC(O)CCCS.O=CCCCS. The monoisotopic (exact) mass is 262 g/mol. The first kappa shape index (κ1) is 20.7. The van der Waals surface area contributed by atoms with Gasteiger partial charge in [-0.1, -0.05) is 0 Å². The number of aliphatic hydroxyl groups excluding tert-OH is 1. The van der Waals surface area contributed by atoms with Gasteiger partial charge in [0.2, 0.25) is 0 Å². The van der Waals surface area contributed by atoms with Gasteiger partial charge in [-0.05, 0) is 30.8 Å². The third kappa shape index (κ3) is 29.2. The molecule has 0 aliphatic carbocycles. The highest BCUT2D eigenvalue weighted by Crippen LogP contribution is 1.95. The summed E-state index contributed by atoms with van der Waals surface area (Å²) in [6, 6.07) is 1.72. The predicted molar refractivity (Wildman–Crippen MR) is 70.5 cm³/mol. The maximum Gasteiger partial charge on any atom is 0.140 e. The summed E-state index contributed by atoms with van der Waals surface area (Å²) in [5, 5.41) is 23.1. The molecule has 0 aromatic heterocycles. The predicted octanol–water partition coefficient (Wildman–Crippen LogP) is 1.62. The molecule has 0 aliphatic rings. The molecule has 16 heavy (non-hydrogen) atoms. The minimum atomic E-state index is -0.790. The molecule has 0 bridgehead atoms. The van der Waals surface area contributed by atoms with Crippen molar-refractivity contribution >= 4 is 31.5 Å². The van der Waals surface area contributed by atoms with Crippen LogP contribution in [0.25, 0.3) is 0 Å². The van der Waals surface area contributed by atoms with Gasteiger partial charge in [0, 0.05) is 13.0 Å². The minimum Gasteiger partial charge on any atom is -0.378 e. The molecule has 1 N–H and O–H groups in total. The highest BCUT2D eigenvalue weighted by atomic mass is 32.1. The maximum absolute atomic E-state index is 9.53. The van der Waals surface area contributed by atoms with Crippen LogP contribution in [0.15, 0.2) is 0 Å². The number of rotatable bonds is 6. The maximum atomic E-state index is 9.53. The standard InChI is InChI=1S/C5H9NOS.C4H8OS.CHN/c6-4-5(7)2-1-3-8;5-3-1-2-4-6;1-2/h5,7-8H,1-3H2;3,6H,1-2,4H2;1H. The highest BCUT2D eigenvalue weighted by Gasteiger charge is 1.97. The van der Waals surface area contributed by atoms with Crippen molar-refractivity contribution in [1.82, 2.24) is 0 Å². The van der Waals surface area contributed by atoms with E-state index in [1.807, 2.05) is 0 Å². The van der Waals surface area contributed by atoms with E-state index in [4.69, 9.17) is 15.6 Å². The highest BCUT2D eigenvalue weighted by molar-refractivity contribution is 7.80. The van der Waals surface area contributed by atoms with Crippen molar-refractivity contribution in [3.05, 3.63) is 0 Å². The molecular weight excluding hydrogens is 244 g/mol. The zero-order chi connectivity index (χ0) is 13.2. The topological polar surface area (TPSA) is 84.9 Å². The van der Waals surface area contributed by atoms with Crippen LogP contribution in [-0.2, 0) is 4.79 Å². The molecule has 0 amide bonds. The van der Waals surface area contributed by atoms with Crippen molar-refractivity contribution in [3.63, 3.8) is 0 Å². The number of hydrogen-bond acceptors (Lipinski definition) is 6. The number of nitriles is 2. The van der Waals surface area contributed by atoms with Gasteiger partial charge in [-0.15, -0.1) is 0 Å². The van der Waals surface area contributed by atoms with Crippen molar-refractivity contribution < 1.29 is 9.90 Å². The summed E-state index contributed by atoms with van der Waals surface area (Å²) in [5.41, 5.74) is 0. The molecule has 4 nitrogen and oxygen atoms in total. The third-order valence-electron chi connectivity index (χ3n) is 1.26. The lowest BCUT2D eigenvalue weighted by atomic mass is 10.2. The number of carbonyl (C=O) groups excluding carboxylic acids is 1. The first-order valence-corrected chi connectivity index (χ1v) is 5.98. The molecule has 1 unspecified atom stereocenters. The minimum absolute atomic E-state index is 0.542. The van der Waals surface area contributed by atoms with Crippen LogP contribution in [0.3, 0.4) is 0 Å². The molecule has 92 valence electrons. The van der Waals surface area contributed by atoms with E-state index >= 15 is 0 Å². The van der Waals surface area contributed by atoms with E-state index in [1.165, 1.54) is 0 Å². The fraction of sp³-hybridized carbons (Fsp3) is 0.700. The van der Waals surface area contributed by atoms with Crippen molar-refractivity contribution in [3.8, 4) is 12.6 Å². The Morgan fingerprint density at radius 2 is 1.81 bits per heavy atom. The van der Waals surface area contributed by atoms with Crippen molar-refractivity contribution in [1.29, 1.82) is 10.5 Å². The Bertz CT molecular complexity index is 193. The fourth-order valence-corrected chi connectivity index (χ4v) is 0.889. The van der Waals surface area contributed by atoms with Crippen LogP contribution in [0.2, 0.25) is 0 Å². The van der Waals surface area contributed by atoms with Crippen LogP contribution >= 0.6 is 25.3 Å². The zero-order valence-electron chi connectivity index (χ0n) is 9.12. The Kier molecular flexibility index (Phi) is 30.8. The van der Waals surface area contributed by atoms with Gasteiger partial charge in [0.1, 0.15) is 12.4 Å². The van der Waals surface area contributed by atoms with E-state index in [-0.39, 0.29) is 0 Å². The summed E-state index contributed by atoms with van der Waals surface area (Å²) >= 11 is 7.81. The van der Waals surface area contributed by atoms with E-state index in [9.17, 15) is 4.79 Å². The molecule has 6 heteroatoms. The van der Waals surface area contributed by atoms with E-state index in [2.05, 4.69) is 31.8 Å². The first-order valence-electron chi connectivity index (χ1n) is 4.71. The van der Waals surface area contributed by atoms with Gasteiger partial charge in [-0.2, -0.15) is 30.5 Å². The van der Waals surface area contributed by atoms with Crippen LogP contribution in [0.5, 0.6) is 0 Å². The normalized spacial score (nSPS) is 9.50. The van der Waals surface area contributed by atoms with Crippen molar-refractivity contribution in [2.24, 2.45) is 0 Å². The number of carbonyl (C=O) groups is 1. The average molecular weight is 262 g/mol. The lowest BCUT2D eigenvalue weighted by Crippen LogP contribution is -2.01. The van der Waals surface area contributed by atoms with Crippen LogP contribution in [0, 0.1) is 23.2 Å². The average Bonchev–Trinajstić information content (AvgIpc) is 2.36. The summed E-state index contributed by atoms with van der Waals surface area (Å²) in [6.45, 7) is 3.50. The molecule has 0 saturated carbocycles. The molecular formula is C10H18N2O2S2. The second-order valence-electron chi connectivity index (χ2n) is 2.54. The van der Waals surface area contributed by atoms with Gasteiger partial charge in [-0.3, -0.25) is 0 Å². The molecule has 1 atom stereocenters. The molecule has 0 aromatic carbocycles. The van der Waals surface area contributed by atoms with Gasteiger partial charge in [-0.25, -0.2) is 5.26 Å². The number of aliphatic hydroxyl groups is 1. The van der Waals surface area contributed by atoms with Crippen LogP contribution in [-0.4, -0.2) is 29.0 Å². The number of thiol groups is 2. The molecule has 0 heterocycles. The van der Waals surface area contributed by atoms with Crippen LogP contribution in [0.1, 0.15) is 25.7 Å². The smallest absolute Gasteiger partial charge is 0.140 e. The second-order valence-corrected chi connectivity index (χ2v) is 3.44. The van der Waals surface area contributed by atoms with Gasteiger partial charge < -0.3 is 9.90 Å². The molecule has 0 radical (unpaired) electrons. The molecule has 0 rings (SSSR count). The lowest BCUT2D eigenvalue weighted by Gasteiger charge is -1.95. The summed E-state index contributed by atoms with van der Waals surface area (Å²) in [6.07, 6.45) is 3.03. The number of hydrogen-bond donors (Lipinski definition) is 3. The van der Waals surface area contributed by atoms with Crippen molar-refractivity contribution in [2.75, 3.05) is 11.5 Å². The Balaban J connectivity index is -0.000000188. The van der Waals surface area contributed by atoms with Crippen molar-refractivity contribution in [2.45, 2.75) is 31.8 Å². The van der Waals surface area contributed by atoms with E-state index < -0.39 is 6.10 Å². The van der Waals surface area contributed by atoms with Crippen LogP contribution < -0.4 is 0 Å². The summed E-state index contributed by atoms with van der Waals surface area (Å²) in [7, 11) is 0. The summed E-state index contributed by atoms with van der Waals surface area (Å²) in [5.74, 6) is 1.55. The number of aldehydes is 1. The Morgan fingerprint density at radius 3 is 2.06 bits per heavy atom. The van der Waals surface area contributed by atoms with E-state index in [1.54, 1.807) is 6.07 Å². The number of unbranched alkanes of at least 4 members (excludes halogenated alkanes) is 1. The lowest BCUT2D eigenvalue weighted by molar-refractivity contribution is -0.107. The van der Waals surface area contributed by atoms with E-state index in [0.717, 1.165) is 30.6 Å². The zero-order valence-corrected chi connectivity index (χ0v) is 10.9. The molecule has 0 saturated heterocycles. The number of nitrogens with zero attached hydrogens (tertiary/aromatic N) is 2. The largest absolute Gasteiger partial charge is 0.378 e. The molecule has 0 spiro atoms. The van der Waals surface area contributed by atoms with Gasteiger partial charge in [0.05, 0.1) is 6.07 Å². The quantitative estimate of drug-likeness (QED) is 0.294. The van der Waals surface area contributed by atoms with Gasteiger partial charge >= 0.3 is 0 Å². The Hall–Kier alpha value is -0.690. The van der Waals surface area contributed by atoms with Gasteiger partial charge in [0.15, 0.2) is 0 Å². The van der Waals surface area contributed by atoms with E-state index in [0.29, 0.717) is 12.8 Å². The fourth-order valence-electron chi connectivity index (χ4n) is 0.524. The van der Waals surface area contributed by atoms with Crippen LogP contribution in [0.4, 0.5) is 0 Å². The van der Waals surface area contributed by atoms with Gasteiger partial charge in [0.25, 0.3) is 0 Å². The Morgan fingerprint density at radius 1 is 1.31 bits per heavy atom.